The number of ether oxygens (including phenoxy) is 1. The SMILES string of the molecule is COc1ccc2ccccc2c1[S@@](=O)NC1CC1. The molecule has 0 unspecified atom stereocenters. The van der Waals surface area contributed by atoms with Crippen LogP contribution in [-0.2, 0) is 11.0 Å². The Morgan fingerprint density at radius 3 is 2.72 bits per heavy atom. The van der Waals surface area contributed by atoms with Crippen molar-refractivity contribution in [1.82, 2.24) is 4.72 Å². The summed E-state index contributed by atoms with van der Waals surface area (Å²) in [5.41, 5.74) is 0. The minimum Gasteiger partial charge on any atom is -0.495 e. The number of hydrogen-bond donors (Lipinski definition) is 1. The Morgan fingerprint density at radius 2 is 2.00 bits per heavy atom. The molecular weight excluding hydrogens is 246 g/mol. The minimum atomic E-state index is -1.21. The maximum atomic E-state index is 12.4. The molecule has 1 fully saturated rings. The normalized spacial score (nSPS) is 16.7. The third-order valence-corrected chi connectivity index (χ3v) is 4.44. The maximum Gasteiger partial charge on any atom is 0.137 e. The molecule has 0 radical (unpaired) electrons. The molecule has 4 heteroatoms. The molecule has 0 aromatic heterocycles. The summed E-state index contributed by atoms with van der Waals surface area (Å²) in [6.07, 6.45) is 2.22. The Hall–Kier alpha value is -1.39. The lowest BCUT2D eigenvalue weighted by Gasteiger charge is -2.12. The quantitative estimate of drug-likeness (QED) is 0.918. The first-order chi connectivity index (χ1) is 8.79. The largest absolute Gasteiger partial charge is 0.495 e. The predicted molar refractivity (Wildman–Crippen MR) is 73.1 cm³/mol. The molecule has 3 nitrogen and oxygen atoms in total. The molecule has 1 aliphatic rings. The van der Waals surface area contributed by atoms with Gasteiger partial charge in [-0.1, -0.05) is 30.3 Å². The van der Waals surface area contributed by atoms with Crippen LogP contribution in [0.2, 0.25) is 0 Å². The van der Waals surface area contributed by atoms with E-state index >= 15 is 0 Å². The van der Waals surface area contributed by atoms with Crippen molar-refractivity contribution < 1.29 is 8.95 Å². The van der Waals surface area contributed by atoms with Gasteiger partial charge in [-0.25, -0.2) is 8.93 Å². The van der Waals surface area contributed by atoms with Gasteiger partial charge in [-0.15, -0.1) is 0 Å². The van der Waals surface area contributed by atoms with Crippen LogP contribution >= 0.6 is 0 Å². The van der Waals surface area contributed by atoms with Gasteiger partial charge in [-0.05, 0) is 24.3 Å². The van der Waals surface area contributed by atoms with Gasteiger partial charge < -0.3 is 4.74 Å². The minimum absolute atomic E-state index is 0.398. The highest BCUT2D eigenvalue weighted by atomic mass is 32.2. The van der Waals surface area contributed by atoms with Crippen molar-refractivity contribution in [3.8, 4) is 5.75 Å². The molecular formula is C14H15NO2S. The van der Waals surface area contributed by atoms with E-state index in [9.17, 15) is 4.21 Å². The average molecular weight is 261 g/mol. The molecule has 1 atom stereocenters. The van der Waals surface area contributed by atoms with Crippen molar-refractivity contribution in [2.24, 2.45) is 0 Å². The monoisotopic (exact) mass is 261 g/mol. The fourth-order valence-corrected chi connectivity index (χ4v) is 3.36. The number of benzene rings is 2. The second-order valence-corrected chi connectivity index (χ2v) is 5.66. The molecule has 0 bridgehead atoms. The van der Waals surface area contributed by atoms with Crippen molar-refractivity contribution in [3.05, 3.63) is 36.4 Å². The zero-order valence-corrected chi connectivity index (χ0v) is 11.0. The highest BCUT2D eigenvalue weighted by Crippen LogP contribution is 2.31. The first kappa shape index (κ1) is 11.7. The van der Waals surface area contributed by atoms with E-state index in [2.05, 4.69) is 4.72 Å². The van der Waals surface area contributed by atoms with E-state index in [1.165, 1.54) is 0 Å². The molecule has 2 aromatic rings. The Balaban J connectivity index is 2.13. The first-order valence-electron chi connectivity index (χ1n) is 6.03. The van der Waals surface area contributed by atoms with Crippen molar-refractivity contribution >= 4 is 21.8 Å². The summed E-state index contributed by atoms with van der Waals surface area (Å²) in [7, 11) is 0.401. The number of nitrogens with one attached hydrogen (secondary N) is 1. The number of fused-ring (bicyclic) bond motifs is 1. The fraction of sp³-hybridized carbons (Fsp3) is 0.286. The summed E-state index contributed by atoms with van der Waals surface area (Å²) >= 11 is 0. The van der Waals surface area contributed by atoms with Crippen LogP contribution in [0.25, 0.3) is 10.8 Å². The molecule has 2 aromatic carbocycles. The Kier molecular flexibility index (Phi) is 3.06. The smallest absolute Gasteiger partial charge is 0.137 e. The van der Waals surface area contributed by atoms with Crippen LogP contribution < -0.4 is 9.46 Å². The van der Waals surface area contributed by atoms with Crippen LogP contribution in [-0.4, -0.2) is 17.4 Å². The fourth-order valence-electron chi connectivity index (χ4n) is 1.99. The van der Waals surface area contributed by atoms with Crippen molar-refractivity contribution in [2.45, 2.75) is 23.8 Å². The molecule has 18 heavy (non-hydrogen) atoms. The maximum absolute atomic E-state index is 12.4. The lowest BCUT2D eigenvalue weighted by Crippen LogP contribution is -2.20. The summed E-state index contributed by atoms with van der Waals surface area (Å²) in [5.74, 6) is 0.681. The second kappa shape index (κ2) is 4.71. The van der Waals surface area contributed by atoms with E-state index in [4.69, 9.17) is 4.74 Å². The molecule has 94 valence electrons. The van der Waals surface area contributed by atoms with E-state index in [1.54, 1.807) is 7.11 Å². The predicted octanol–water partition coefficient (Wildman–Crippen LogP) is 2.62. The highest BCUT2D eigenvalue weighted by Gasteiger charge is 2.25. The van der Waals surface area contributed by atoms with Gasteiger partial charge in [0.1, 0.15) is 21.6 Å². The van der Waals surface area contributed by atoms with Crippen molar-refractivity contribution in [2.75, 3.05) is 7.11 Å². The van der Waals surface area contributed by atoms with Gasteiger partial charge >= 0.3 is 0 Å². The first-order valence-corrected chi connectivity index (χ1v) is 7.18. The molecule has 1 saturated carbocycles. The number of hydrogen-bond acceptors (Lipinski definition) is 2. The molecule has 0 aliphatic heterocycles. The molecule has 0 spiro atoms. The van der Waals surface area contributed by atoms with Gasteiger partial charge in [0.25, 0.3) is 0 Å². The van der Waals surface area contributed by atoms with Gasteiger partial charge in [0.05, 0.1) is 7.11 Å². The molecule has 1 aliphatic carbocycles. The highest BCUT2D eigenvalue weighted by molar-refractivity contribution is 7.83. The lowest BCUT2D eigenvalue weighted by molar-refractivity contribution is 0.405. The Labute approximate surface area is 109 Å². The van der Waals surface area contributed by atoms with E-state index in [-0.39, 0.29) is 0 Å². The third kappa shape index (κ3) is 2.13. The van der Waals surface area contributed by atoms with Crippen LogP contribution in [0, 0.1) is 0 Å². The molecule has 1 N–H and O–H groups in total. The van der Waals surface area contributed by atoms with Crippen LogP contribution in [0.4, 0.5) is 0 Å². The van der Waals surface area contributed by atoms with E-state index in [0.29, 0.717) is 11.8 Å². The standard InChI is InChI=1S/C14H15NO2S/c1-17-13-9-6-10-4-2-3-5-12(10)14(13)18(16)15-11-7-8-11/h2-6,9,11,15H,7-8H2,1H3/t18-/m1/s1. The van der Waals surface area contributed by atoms with Gasteiger partial charge in [0.15, 0.2) is 0 Å². The zero-order chi connectivity index (χ0) is 12.5. The Bertz CT molecular complexity index is 608. The van der Waals surface area contributed by atoms with Crippen molar-refractivity contribution in [1.29, 1.82) is 0 Å². The van der Waals surface area contributed by atoms with Gasteiger partial charge in [-0.3, -0.25) is 0 Å². The number of methoxy groups -OCH3 is 1. The molecule has 0 saturated heterocycles. The lowest BCUT2D eigenvalue weighted by atomic mass is 10.1. The summed E-state index contributed by atoms with van der Waals surface area (Å²) in [6.45, 7) is 0. The van der Waals surface area contributed by atoms with Crippen LogP contribution in [0.15, 0.2) is 41.3 Å². The van der Waals surface area contributed by atoms with Crippen LogP contribution in [0.1, 0.15) is 12.8 Å². The molecule has 0 amide bonds. The topological polar surface area (TPSA) is 38.3 Å². The summed E-state index contributed by atoms with van der Waals surface area (Å²) < 4.78 is 20.9. The molecule has 3 rings (SSSR count). The van der Waals surface area contributed by atoms with Crippen LogP contribution in [0.3, 0.4) is 0 Å². The van der Waals surface area contributed by atoms with E-state index < -0.39 is 11.0 Å². The summed E-state index contributed by atoms with van der Waals surface area (Å²) in [5, 5.41) is 2.07. The van der Waals surface area contributed by atoms with Gasteiger partial charge in [0.2, 0.25) is 0 Å². The van der Waals surface area contributed by atoms with Gasteiger partial charge in [-0.2, -0.15) is 0 Å². The summed E-state index contributed by atoms with van der Waals surface area (Å²) in [6, 6.07) is 12.2. The van der Waals surface area contributed by atoms with E-state index in [0.717, 1.165) is 28.5 Å². The Morgan fingerprint density at radius 1 is 1.22 bits per heavy atom. The zero-order valence-electron chi connectivity index (χ0n) is 10.2. The number of rotatable bonds is 4. The summed E-state index contributed by atoms with van der Waals surface area (Å²) in [4.78, 5) is 0.752. The van der Waals surface area contributed by atoms with Crippen LogP contribution in [0.5, 0.6) is 5.75 Å². The van der Waals surface area contributed by atoms with Crippen molar-refractivity contribution in [3.63, 3.8) is 0 Å². The molecule has 0 heterocycles. The van der Waals surface area contributed by atoms with E-state index in [1.807, 2.05) is 36.4 Å². The third-order valence-electron chi connectivity index (χ3n) is 3.10. The second-order valence-electron chi connectivity index (χ2n) is 4.48. The average Bonchev–Trinajstić information content (AvgIpc) is 3.21. The van der Waals surface area contributed by atoms with Gasteiger partial charge in [0, 0.05) is 11.4 Å².